The van der Waals surface area contributed by atoms with E-state index in [0.717, 1.165) is 23.7 Å². The Morgan fingerprint density at radius 3 is 2.85 bits per heavy atom. The number of hydrogen-bond donors (Lipinski definition) is 2. The Morgan fingerprint density at radius 1 is 1.23 bits per heavy atom. The molecule has 1 saturated carbocycles. The maximum absolute atomic E-state index is 12.5. The molecule has 1 aromatic carbocycles. The van der Waals surface area contributed by atoms with Crippen LogP contribution in [0.4, 0.5) is 5.69 Å². The Bertz CT molecular complexity index is 684. The van der Waals surface area contributed by atoms with E-state index in [9.17, 15) is 9.59 Å². The Kier molecular flexibility index (Phi) is 5.25. The number of carbonyl (C=O) groups is 2. The first-order valence-electron chi connectivity index (χ1n) is 10.1. The second-order valence-electron chi connectivity index (χ2n) is 8.05. The lowest BCUT2D eigenvalue weighted by Crippen LogP contribution is -2.53. The molecule has 5 heteroatoms. The second kappa shape index (κ2) is 7.78. The summed E-state index contributed by atoms with van der Waals surface area (Å²) in [5.74, 6) is 1.03. The summed E-state index contributed by atoms with van der Waals surface area (Å²) in [6.07, 6.45) is 9.36. The number of rotatable bonds is 7. The third kappa shape index (κ3) is 3.93. The van der Waals surface area contributed by atoms with E-state index in [0.29, 0.717) is 24.4 Å². The summed E-state index contributed by atoms with van der Waals surface area (Å²) in [5, 5.41) is 5.96. The van der Waals surface area contributed by atoms with E-state index in [1.807, 2.05) is 12.1 Å². The largest absolute Gasteiger partial charge is 0.350 e. The number of fused-ring (bicyclic) bond motifs is 1. The summed E-state index contributed by atoms with van der Waals surface area (Å²) in [5.41, 5.74) is 2.59. The fraction of sp³-hybridized carbons (Fsp3) is 0.619. The molecule has 1 saturated heterocycles. The Morgan fingerprint density at radius 2 is 2.12 bits per heavy atom. The molecule has 2 N–H and O–H groups in total. The van der Waals surface area contributed by atoms with Crippen LogP contribution in [-0.2, 0) is 11.2 Å². The Balaban J connectivity index is 1.23. The van der Waals surface area contributed by atoms with Gasteiger partial charge in [0.1, 0.15) is 0 Å². The molecule has 4 rings (SSSR count). The first kappa shape index (κ1) is 17.5. The predicted octanol–water partition coefficient (Wildman–Crippen LogP) is 2.96. The lowest BCUT2D eigenvalue weighted by Gasteiger charge is -2.41. The van der Waals surface area contributed by atoms with Crippen LogP contribution in [0.5, 0.6) is 0 Å². The molecule has 0 spiro atoms. The molecule has 5 nitrogen and oxygen atoms in total. The number of amides is 2. The van der Waals surface area contributed by atoms with Gasteiger partial charge in [-0.05, 0) is 61.9 Å². The van der Waals surface area contributed by atoms with E-state index in [4.69, 9.17) is 0 Å². The van der Waals surface area contributed by atoms with Crippen LogP contribution in [0.3, 0.4) is 0 Å². The average Bonchev–Trinajstić information content (AvgIpc) is 2.58. The van der Waals surface area contributed by atoms with Crippen LogP contribution in [0.15, 0.2) is 18.2 Å². The van der Waals surface area contributed by atoms with E-state index in [-0.39, 0.29) is 11.8 Å². The van der Waals surface area contributed by atoms with Gasteiger partial charge in [0.2, 0.25) is 5.91 Å². The highest BCUT2D eigenvalue weighted by Gasteiger charge is 2.28. The fourth-order valence-electron chi connectivity index (χ4n) is 4.22. The first-order valence-corrected chi connectivity index (χ1v) is 10.1. The van der Waals surface area contributed by atoms with Gasteiger partial charge in [-0.2, -0.15) is 0 Å². The van der Waals surface area contributed by atoms with E-state index >= 15 is 0 Å². The normalized spacial score (nSPS) is 22.8. The molecule has 140 valence electrons. The molecule has 1 aromatic rings. The molecule has 1 unspecified atom stereocenters. The van der Waals surface area contributed by atoms with E-state index in [1.54, 1.807) is 6.07 Å². The van der Waals surface area contributed by atoms with Crippen molar-refractivity contribution in [2.45, 2.75) is 57.4 Å². The van der Waals surface area contributed by atoms with Gasteiger partial charge in [-0.3, -0.25) is 14.5 Å². The molecule has 26 heavy (non-hydrogen) atoms. The molecule has 0 bridgehead atoms. The van der Waals surface area contributed by atoms with Crippen molar-refractivity contribution in [2.75, 3.05) is 25.0 Å². The number of aryl methyl sites for hydroxylation is 1. The number of hydrogen-bond acceptors (Lipinski definition) is 3. The van der Waals surface area contributed by atoms with Crippen LogP contribution < -0.4 is 10.6 Å². The van der Waals surface area contributed by atoms with Crippen molar-refractivity contribution in [3.8, 4) is 0 Å². The number of benzene rings is 1. The monoisotopic (exact) mass is 355 g/mol. The Hall–Kier alpha value is -1.88. The van der Waals surface area contributed by atoms with Crippen LogP contribution in [0.2, 0.25) is 0 Å². The molecular formula is C21H29N3O2. The van der Waals surface area contributed by atoms with Gasteiger partial charge in [0.15, 0.2) is 0 Å². The smallest absolute Gasteiger partial charge is 0.251 e. The Labute approximate surface area is 155 Å². The van der Waals surface area contributed by atoms with Crippen molar-refractivity contribution in [1.29, 1.82) is 0 Å². The van der Waals surface area contributed by atoms with Crippen molar-refractivity contribution in [1.82, 2.24) is 10.2 Å². The number of likely N-dealkylation sites (tertiary alicyclic amines) is 1. The van der Waals surface area contributed by atoms with Crippen LogP contribution in [-0.4, -0.2) is 42.4 Å². The molecule has 3 aliphatic rings. The first-order chi connectivity index (χ1) is 12.7. The quantitative estimate of drug-likeness (QED) is 0.790. The summed E-state index contributed by atoms with van der Waals surface area (Å²) >= 11 is 0. The van der Waals surface area contributed by atoms with Gasteiger partial charge in [-0.15, -0.1) is 0 Å². The third-order valence-electron chi connectivity index (χ3n) is 6.31. The lowest BCUT2D eigenvalue weighted by molar-refractivity contribution is -0.116. The molecule has 0 radical (unpaired) electrons. The standard InChI is InChI=1S/C21H29N3O2/c25-20-9-7-16-13-17(6-8-19(16)23-20)21(26)22-14-18-10-12-24(18)11-2-5-15-3-1-4-15/h6,8,13,15,18H,1-5,7,9-12,14H2,(H,22,26)(H,23,25). The summed E-state index contributed by atoms with van der Waals surface area (Å²) in [6, 6.07) is 6.06. The van der Waals surface area contributed by atoms with Gasteiger partial charge in [-0.25, -0.2) is 0 Å². The van der Waals surface area contributed by atoms with Crippen LogP contribution in [0.25, 0.3) is 0 Å². The zero-order valence-electron chi connectivity index (χ0n) is 15.4. The molecule has 0 aromatic heterocycles. The van der Waals surface area contributed by atoms with Crippen molar-refractivity contribution < 1.29 is 9.59 Å². The van der Waals surface area contributed by atoms with E-state index in [2.05, 4.69) is 15.5 Å². The van der Waals surface area contributed by atoms with Gasteiger partial charge in [0.25, 0.3) is 5.91 Å². The molecule has 2 amide bonds. The highest BCUT2D eigenvalue weighted by Crippen LogP contribution is 2.31. The van der Waals surface area contributed by atoms with Gasteiger partial charge in [0, 0.05) is 36.8 Å². The van der Waals surface area contributed by atoms with Gasteiger partial charge < -0.3 is 10.6 Å². The average molecular weight is 355 g/mol. The van der Waals surface area contributed by atoms with Crippen LogP contribution >= 0.6 is 0 Å². The van der Waals surface area contributed by atoms with E-state index in [1.165, 1.54) is 51.6 Å². The highest BCUT2D eigenvalue weighted by molar-refractivity contribution is 5.97. The fourth-order valence-corrected chi connectivity index (χ4v) is 4.22. The van der Waals surface area contributed by atoms with Crippen molar-refractivity contribution >= 4 is 17.5 Å². The molecule has 2 fully saturated rings. The summed E-state index contributed by atoms with van der Waals surface area (Å²) < 4.78 is 0. The predicted molar refractivity (Wildman–Crippen MR) is 102 cm³/mol. The zero-order valence-corrected chi connectivity index (χ0v) is 15.4. The lowest BCUT2D eigenvalue weighted by atomic mass is 9.82. The maximum Gasteiger partial charge on any atom is 0.251 e. The maximum atomic E-state index is 12.5. The topological polar surface area (TPSA) is 61.4 Å². The van der Waals surface area contributed by atoms with Crippen LogP contribution in [0.1, 0.15) is 60.9 Å². The summed E-state index contributed by atoms with van der Waals surface area (Å²) in [7, 11) is 0. The minimum Gasteiger partial charge on any atom is -0.350 e. The van der Waals surface area contributed by atoms with Crippen molar-refractivity contribution in [3.05, 3.63) is 29.3 Å². The van der Waals surface area contributed by atoms with Crippen molar-refractivity contribution in [2.24, 2.45) is 5.92 Å². The van der Waals surface area contributed by atoms with Crippen molar-refractivity contribution in [3.63, 3.8) is 0 Å². The van der Waals surface area contributed by atoms with Gasteiger partial charge in [-0.1, -0.05) is 19.3 Å². The molecule has 2 heterocycles. The minimum atomic E-state index is -0.00832. The molecule has 1 aliphatic carbocycles. The molecule has 2 aliphatic heterocycles. The molecular weight excluding hydrogens is 326 g/mol. The summed E-state index contributed by atoms with van der Waals surface area (Å²) in [4.78, 5) is 26.4. The number of nitrogens with zero attached hydrogens (tertiary/aromatic N) is 1. The van der Waals surface area contributed by atoms with E-state index < -0.39 is 0 Å². The van der Waals surface area contributed by atoms with Gasteiger partial charge >= 0.3 is 0 Å². The second-order valence-corrected chi connectivity index (χ2v) is 8.05. The number of anilines is 1. The third-order valence-corrected chi connectivity index (χ3v) is 6.31. The SMILES string of the molecule is O=C1CCc2cc(C(=O)NCC3CCN3CCCC3CCC3)ccc2N1. The number of nitrogens with one attached hydrogen (secondary N) is 2. The number of carbonyl (C=O) groups excluding carboxylic acids is 2. The van der Waals surface area contributed by atoms with Gasteiger partial charge in [0.05, 0.1) is 0 Å². The highest BCUT2D eigenvalue weighted by atomic mass is 16.2. The molecule has 1 atom stereocenters. The van der Waals surface area contributed by atoms with Crippen LogP contribution in [0, 0.1) is 5.92 Å². The summed E-state index contributed by atoms with van der Waals surface area (Å²) in [6.45, 7) is 3.08. The zero-order chi connectivity index (χ0) is 17.9. The minimum absolute atomic E-state index is 0.00832.